The van der Waals surface area contributed by atoms with Gasteiger partial charge in [0.25, 0.3) is 5.91 Å². The molecule has 0 aliphatic carbocycles. The lowest BCUT2D eigenvalue weighted by Crippen LogP contribution is -2.33. The standard InChI is InChI=1S/C20H17BrFN3O2/c1-11-7-14(4-6-17(11)21)25-19(26)10-23-20(27)16-8-12(2)24-18-9-13(22)3-5-15(16)18/h3-9H,10H2,1-2H3,(H,23,27)(H,25,26). The number of benzene rings is 2. The van der Waals surface area contributed by atoms with Crippen LogP contribution >= 0.6 is 15.9 Å². The summed E-state index contributed by atoms with van der Waals surface area (Å²) in [6, 6.07) is 11.1. The molecule has 0 atom stereocenters. The van der Waals surface area contributed by atoms with Crippen molar-refractivity contribution in [3.05, 3.63) is 69.6 Å². The van der Waals surface area contributed by atoms with Gasteiger partial charge in [0.15, 0.2) is 0 Å². The zero-order valence-electron chi connectivity index (χ0n) is 14.8. The van der Waals surface area contributed by atoms with Gasteiger partial charge in [-0.05, 0) is 55.8 Å². The Balaban J connectivity index is 1.71. The number of pyridine rings is 1. The Morgan fingerprint density at radius 2 is 1.89 bits per heavy atom. The fourth-order valence-electron chi connectivity index (χ4n) is 2.71. The number of amides is 2. The van der Waals surface area contributed by atoms with Crippen molar-refractivity contribution in [2.75, 3.05) is 11.9 Å². The minimum absolute atomic E-state index is 0.183. The number of halogens is 2. The lowest BCUT2D eigenvalue weighted by Gasteiger charge is -2.10. The van der Waals surface area contributed by atoms with Crippen LogP contribution in [0.1, 0.15) is 21.6 Å². The molecule has 2 N–H and O–H groups in total. The third kappa shape index (κ3) is 4.49. The van der Waals surface area contributed by atoms with Crippen LogP contribution in [0, 0.1) is 19.7 Å². The Bertz CT molecular complexity index is 1050. The van der Waals surface area contributed by atoms with Crippen LogP contribution in [-0.2, 0) is 4.79 Å². The Hall–Kier alpha value is -2.80. The number of nitrogens with one attached hydrogen (secondary N) is 2. The van der Waals surface area contributed by atoms with E-state index in [2.05, 4.69) is 31.5 Å². The van der Waals surface area contributed by atoms with E-state index in [4.69, 9.17) is 0 Å². The van der Waals surface area contributed by atoms with Gasteiger partial charge in [-0.3, -0.25) is 14.6 Å². The molecule has 27 heavy (non-hydrogen) atoms. The van der Waals surface area contributed by atoms with Crippen molar-refractivity contribution in [1.82, 2.24) is 10.3 Å². The van der Waals surface area contributed by atoms with E-state index in [-0.39, 0.29) is 12.5 Å². The fraction of sp³-hybridized carbons (Fsp3) is 0.150. The summed E-state index contributed by atoms with van der Waals surface area (Å²) < 4.78 is 14.4. The number of aromatic nitrogens is 1. The van der Waals surface area contributed by atoms with E-state index in [0.29, 0.717) is 27.8 Å². The topological polar surface area (TPSA) is 71.1 Å². The highest BCUT2D eigenvalue weighted by molar-refractivity contribution is 9.10. The van der Waals surface area contributed by atoms with Crippen LogP contribution in [0.3, 0.4) is 0 Å². The first kappa shape index (κ1) is 19.0. The molecule has 3 rings (SSSR count). The Morgan fingerprint density at radius 1 is 1.11 bits per heavy atom. The number of hydrogen-bond acceptors (Lipinski definition) is 3. The summed E-state index contributed by atoms with van der Waals surface area (Å²) in [5.41, 5.74) is 2.98. The molecule has 0 bridgehead atoms. The third-order valence-corrected chi connectivity index (χ3v) is 4.89. The monoisotopic (exact) mass is 429 g/mol. The molecular weight excluding hydrogens is 413 g/mol. The minimum Gasteiger partial charge on any atom is -0.343 e. The summed E-state index contributed by atoms with van der Waals surface area (Å²) in [6.07, 6.45) is 0. The second kappa shape index (κ2) is 7.84. The first-order valence-electron chi connectivity index (χ1n) is 8.24. The maximum atomic E-state index is 13.4. The zero-order chi connectivity index (χ0) is 19.6. The quantitative estimate of drug-likeness (QED) is 0.654. The van der Waals surface area contributed by atoms with Gasteiger partial charge in [-0.15, -0.1) is 0 Å². The molecule has 0 fully saturated rings. The van der Waals surface area contributed by atoms with Crippen molar-refractivity contribution in [2.45, 2.75) is 13.8 Å². The van der Waals surface area contributed by atoms with Gasteiger partial charge in [-0.25, -0.2) is 4.39 Å². The summed E-state index contributed by atoms with van der Waals surface area (Å²) in [6.45, 7) is 3.46. The fourth-order valence-corrected chi connectivity index (χ4v) is 2.95. The molecule has 1 aromatic heterocycles. The minimum atomic E-state index is -0.420. The van der Waals surface area contributed by atoms with E-state index >= 15 is 0 Å². The first-order valence-corrected chi connectivity index (χ1v) is 9.04. The van der Waals surface area contributed by atoms with Gasteiger partial charge in [0, 0.05) is 27.3 Å². The number of nitrogens with zero attached hydrogens (tertiary/aromatic N) is 1. The zero-order valence-corrected chi connectivity index (χ0v) is 16.4. The van der Waals surface area contributed by atoms with Crippen molar-refractivity contribution >= 4 is 44.3 Å². The molecule has 2 amide bonds. The predicted molar refractivity (Wildman–Crippen MR) is 106 cm³/mol. The Morgan fingerprint density at radius 3 is 2.63 bits per heavy atom. The molecule has 0 radical (unpaired) electrons. The number of hydrogen-bond donors (Lipinski definition) is 2. The molecule has 5 nitrogen and oxygen atoms in total. The number of fused-ring (bicyclic) bond motifs is 1. The van der Waals surface area contributed by atoms with Crippen molar-refractivity contribution in [1.29, 1.82) is 0 Å². The van der Waals surface area contributed by atoms with E-state index in [0.717, 1.165) is 10.0 Å². The number of carbonyl (C=O) groups is 2. The molecule has 1 heterocycles. The lowest BCUT2D eigenvalue weighted by molar-refractivity contribution is -0.115. The van der Waals surface area contributed by atoms with E-state index in [9.17, 15) is 14.0 Å². The Kier molecular flexibility index (Phi) is 5.51. The van der Waals surface area contributed by atoms with Crippen LogP contribution in [0.4, 0.5) is 10.1 Å². The van der Waals surface area contributed by atoms with Crippen molar-refractivity contribution < 1.29 is 14.0 Å². The maximum Gasteiger partial charge on any atom is 0.252 e. The number of carbonyl (C=O) groups excluding carboxylic acids is 2. The predicted octanol–water partition coefficient (Wildman–Crippen LogP) is 4.12. The average molecular weight is 430 g/mol. The highest BCUT2D eigenvalue weighted by Crippen LogP contribution is 2.21. The Labute approximate surface area is 164 Å². The largest absolute Gasteiger partial charge is 0.343 e. The van der Waals surface area contributed by atoms with Crippen LogP contribution in [-0.4, -0.2) is 23.3 Å². The van der Waals surface area contributed by atoms with Crippen molar-refractivity contribution in [2.24, 2.45) is 0 Å². The molecule has 3 aromatic rings. The van der Waals surface area contributed by atoms with Gasteiger partial charge in [-0.2, -0.15) is 0 Å². The highest BCUT2D eigenvalue weighted by atomic mass is 79.9. The molecule has 138 valence electrons. The molecule has 7 heteroatoms. The summed E-state index contributed by atoms with van der Waals surface area (Å²) >= 11 is 3.40. The number of anilines is 1. The van der Waals surface area contributed by atoms with Gasteiger partial charge in [-0.1, -0.05) is 15.9 Å². The normalized spacial score (nSPS) is 10.7. The van der Waals surface area contributed by atoms with Crippen LogP contribution in [0.25, 0.3) is 10.9 Å². The van der Waals surface area contributed by atoms with Crippen LogP contribution in [0.15, 0.2) is 46.9 Å². The molecule has 0 saturated carbocycles. The molecule has 0 aliphatic heterocycles. The smallest absolute Gasteiger partial charge is 0.252 e. The second-order valence-corrected chi connectivity index (χ2v) is 7.02. The van der Waals surface area contributed by atoms with Gasteiger partial charge in [0.1, 0.15) is 5.82 Å². The summed E-state index contributed by atoms with van der Waals surface area (Å²) in [5, 5.41) is 5.86. The van der Waals surface area contributed by atoms with E-state index < -0.39 is 11.7 Å². The van der Waals surface area contributed by atoms with Crippen molar-refractivity contribution in [3.63, 3.8) is 0 Å². The molecular formula is C20H17BrFN3O2. The first-order chi connectivity index (χ1) is 12.8. The maximum absolute atomic E-state index is 13.4. The van der Waals surface area contributed by atoms with Crippen LogP contribution in [0.5, 0.6) is 0 Å². The third-order valence-electron chi connectivity index (χ3n) is 4.00. The van der Waals surface area contributed by atoms with Gasteiger partial charge < -0.3 is 10.6 Å². The van der Waals surface area contributed by atoms with Gasteiger partial charge >= 0.3 is 0 Å². The van der Waals surface area contributed by atoms with Crippen molar-refractivity contribution in [3.8, 4) is 0 Å². The molecule has 2 aromatic carbocycles. The van der Waals surface area contributed by atoms with Crippen LogP contribution in [0.2, 0.25) is 0 Å². The SMILES string of the molecule is Cc1cc(C(=O)NCC(=O)Nc2ccc(Br)c(C)c2)c2ccc(F)cc2n1. The molecule has 0 unspecified atom stereocenters. The number of rotatable bonds is 4. The molecule has 0 spiro atoms. The van der Waals surface area contributed by atoms with Crippen LogP contribution < -0.4 is 10.6 Å². The van der Waals surface area contributed by atoms with E-state index in [1.54, 1.807) is 19.1 Å². The number of aryl methyl sites for hydroxylation is 2. The molecule has 0 saturated heterocycles. The van der Waals surface area contributed by atoms with Gasteiger partial charge in [0.2, 0.25) is 5.91 Å². The van der Waals surface area contributed by atoms with E-state index in [1.807, 2.05) is 19.1 Å². The highest BCUT2D eigenvalue weighted by Gasteiger charge is 2.14. The second-order valence-electron chi connectivity index (χ2n) is 6.17. The summed E-state index contributed by atoms with van der Waals surface area (Å²) in [7, 11) is 0. The van der Waals surface area contributed by atoms with E-state index in [1.165, 1.54) is 18.2 Å². The lowest BCUT2D eigenvalue weighted by atomic mass is 10.1. The summed E-state index contributed by atoms with van der Waals surface area (Å²) in [4.78, 5) is 28.9. The average Bonchev–Trinajstić information content (AvgIpc) is 2.61. The van der Waals surface area contributed by atoms with Gasteiger partial charge in [0.05, 0.1) is 17.6 Å². The molecule has 0 aliphatic rings. The summed E-state index contributed by atoms with van der Waals surface area (Å²) in [5.74, 6) is -1.18.